The van der Waals surface area contributed by atoms with E-state index in [1.807, 2.05) is 42.2 Å². The molecule has 0 bridgehead atoms. The first-order valence-electron chi connectivity index (χ1n) is 9.29. The molecular formula is C21H23N3OS2. The van der Waals surface area contributed by atoms with Gasteiger partial charge in [-0.05, 0) is 44.7 Å². The van der Waals surface area contributed by atoms with Gasteiger partial charge in [-0.25, -0.2) is 9.97 Å². The summed E-state index contributed by atoms with van der Waals surface area (Å²) in [4.78, 5) is 27.0. The summed E-state index contributed by atoms with van der Waals surface area (Å²) in [5.74, 6) is 0.949. The third-order valence-electron chi connectivity index (χ3n) is 5.08. The van der Waals surface area contributed by atoms with Crippen molar-refractivity contribution in [2.45, 2.75) is 43.9 Å². The molecule has 1 aliphatic rings. The standard InChI is InChI=1S/C21H23N3OS2/c1-13-14(2)26-19-17(13)20(23-15(3)22-19)27-18(16-9-5-4-6-10-16)21(25)24-11-7-8-12-24/h4-6,9-10,18H,7-8,11-12H2,1-3H3/t18-/m0/s1. The minimum absolute atomic E-state index is 0.192. The lowest BCUT2D eigenvalue weighted by molar-refractivity contribution is -0.129. The second-order valence-corrected chi connectivity index (χ2v) is 9.28. The van der Waals surface area contributed by atoms with Crippen LogP contribution in [0.3, 0.4) is 0 Å². The normalized spacial score (nSPS) is 15.4. The van der Waals surface area contributed by atoms with Crippen LogP contribution in [0.15, 0.2) is 35.4 Å². The Hall–Kier alpha value is -1.92. The molecule has 6 heteroatoms. The number of rotatable bonds is 4. The highest BCUT2D eigenvalue weighted by Gasteiger charge is 2.30. The first kappa shape index (κ1) is 18.4. The van der Waals surface area contributed by atoms with Crippen molar-refractivity contribution < 1.29 is 4.79 Å². The first-order valence-corrected chi connectivity index (χ1v) is 11.0. The zero-order valence-corrected chi connectivity index (χ0v) is 17.5. The summed E-state index contributed by atoms with van der Waals surface area (Å²) < 4.78 is 0. The Morgan fingerprint density at radius 1 is 1.11 bits per heavy atom. The van der Waals surface area contributed by atoms with Crippen LogP contribution in [-0.4, -0.2) is 33.9 Å². The van der Waals surface area contributed by atoms with Gasteiger partial charge >= 0.3 is 0 Å². The van der Waals surface area contributed by atoms with E-state index in [1.165, 1.54) is 10.4 Å². The van der Waals surface area contributed by atoms with E-state index >= 15 is 0 Å². The molecule has 27 heavy (non-hydrogen) atoms. The lowest BCUT2D eigenvalue weighted by atomic mass is 10.1. The summed E-state index contributed by atoms with van der Waals surface area (Å²) in [6.07, 6.45) is 2.19. The molecule has 0 spiro atoms. The zero-order chi connectivity index (χ0) is 19.0. The number of aryl methyl sites for hydroxylation is 3. The van der Waals surface area contributed by atoms with Crippen molar-refractivity contribution in [1.82, 2.24) is 14.9 Å². The van der Waals surface area contributed by atoms with Gasteiger partial charge in [0.05, 0.1) is 0 Å². The van der Waals surface area contributed by atoms with Gasteiger partial charge < -0.3 is 4.90 Å². The van der Waals surface area contributed by atoms with Crippen molar-refractivity contribution in [2.75, 3.05) is 13.1 Å². The van der Waals surface area contributed by atoms with Crippen LogP contribution in [0, 0.1) is 20.8 Å². The molecule has 0 saturated carbocycles. The van der Waals surface area contributed by atoms with Crippen molar-refractivity contribution in [1.29, 1.82) is 0 Å². The number of thiophene rings is 1. The smallest absolute Gasteiger partial charge is 0.240 e. The molecule has 1 aromatic carbocycles. The Kier molecular flexibility index (Phi) is 5.19. The van der Waals surface area contributed by atoms with E-state index in [1.54, 1.807) is 23.1 Å². The van der Waals surface area contributed by atoms with Crippen molar-refractivity contribution >= 4 is 39.2 Å². The Morgan fingerprint density at radius 3 is 2.52 bits per heavy atom. The van der Waals surface area contributed by atoms with E-state index in [0.29, 0.717) is 0 Å². The Balaban J connectivity index is 1.78. The van der Waals surface area contributed by atoms with Crippen molar-refractivity contribution in [3.63, 3.8) is 0 Å². The Morgan fingerprint density at radius 2 is 1.81 bits per heavy atom. The van der Waals surface area contributed by atoms with Crippen LogP contribution in [0.1, 0.15) is 39.9 Å². The van der Waals surface area contributed by atoms with Gasteiger partial charge in [0.25, 0.3) is 0 Å². The van der Waals surface area contributed by atoms with Gasteiger partial charge in [-0.3, -0.25) is 4.79 Å². The number of likely N-dealkylation sites (tertiary alicyclic amines) is 1. The molecule has 0 unspecified atom stereocenters. The number of fused-ring (bicyclic) bond motifs is 1. The highest BCUT2D eigenvalue weighted by molar-refractivity contribution is 8.00. The van der Waals surface area contributed by atoms with Crippen LogP contribution in [0.4, 0.5) is 0 Å². The molecule has 1 atom stereocenters. The summed E-state index contributed by atoms with van der Waals surface area (Å²) in [6.45, 7) is 7.88. The fraction of sp³-hybridized carbons (Fsp3) is 0.381. The predicted molar refractivity (Wildman–Crippen MR) is 112 cm³/mol. The average Bonchev–Trinajstić information content (AvgIpc) is 3.29. The summed E-state index contributed by atoms with van der Waals surface area (Å²) in [5, 5.41) is 1.74. The van der Waals surface area contributed by atoms with E-state index < -0.39 is 0 Å². The number of benzene rings is 1. The highest BCUT2D eigenvalue weighted by Crippen LogP contribution is 2.42. The number of hydrogen-bond acceptors (Lipinski definition) is 5. The molecule has 140 valence electrons. The monoisotopic (exact) mass is 397 g/mol. The predicted octanol–water partition coefficient (Wildman–Crippen LogP) is 5.07. The summed E-state index contributed by atoms with van der Waals surface area (Å²) in [7, 11) is 0. The Bertz CT molecular complexity index is 978. The van der Waals surface area contributed by atoms with Crippen molar-refractivity contribution in [3.8, 4) is 0 Å². The van der Waals surface area contributed by atoms with Crippen LogP contribution in [-0.2, 0) is 4.79 Å². The second-order valence-electron chi connectivity index (χ2n) is 6.98. The molecule has 0 N–H and O–H groups in total. The lowest BCUT2D eigenvalue weighted by Crippen LogP contribution is -2.31. The fourth-order valence-corrected chi connectivity index (χ4v) is 5.96. The number of thioether (sulfide) groups is 1. The third-order valence-corrected chi connectivity index (χ3v) is 7.41. The number of aromatic nitrogens is 2. The van der Waals surface area contributed by atoms with E-state index in [4.69, 9.17) is 4.98 Å². The molecule has 3 aromatic rings. The van der Waals surface area contributed by atoms with Crippen molar-refractivity contribution in [2.24, 2.45) is 0 Å². The van der Waals surface area contributed by atoms with Crippen LogP contribution in [0.25, 0.3) is 10.2 Å². The maximum atomic E-state index is 13.3. The highest BCUT2D eigenvalue weighted by atomic mass is 32.2. The maximum absolute atomic E-state index is 13.3. The SMILES string of the molecule is Cc1nc(S[C@H](C(=O)N2CCCC2)c2ccccc2)c2c(C)c(C)sc2n1. The van der Waals surface area contributed by atoms with Gasteiger partial charge in [-0.1, -0.05) is 42.1 Å². The number of carbonyl (C=O) groups is 1. The minimum Gasteiger partial charge on any atom is -0.341 e. The molecular weight excluding hydrogens is 374 g/mol. The molecule has 1 fully saturated rings. The molecule has 4 rings (SSSR count). The zero-order valence-electron chi connectivity index (χ0n) is 15.9. The number of carbonyl (C=O) groups excluding carboxylic acids is 1. The molecule has 2 aromatic heterocycles. The van der Waals surface area contributed by atoms with Crippen LogP contribution in [0.5, 0.6) is 0 Å². The molecule has 3 heterocycles. The number of hydrogen-bond donors (Lipinski definition) is 0. The van der Waals surface area contributed by atoms with Gasteiger partial charge in [-0.2, -0.15) is 0 Å². The van der Waals surface area contributed by atoms with Crippen LogP contribution in [0.2, 0.25) is 0 Å². The molecule has 0 radical (unpaired) electrons. The quantitative estimate of drug-likeness (QED) is 0.455. The van der Waals surface area contributed by atoms with Crippen LogP contribution >= 0.6 is 23.1 Å². The summed E-state index contributed by atoms with van der Waals surface area (Å²) in [6, 6.07) is 10.1. The van der Waals surface area contributed by atoms with Crippen LogP contribution < -0.4 is 0 Å². The number of amides is 1. The molecule has 1 saturated heterocycles. The van der Waals surface area contributed by atoms with E-state index in [-0.39, 0.29) is 11.2 Å². The topological polar surface area (TPSA) is 46.1 Å². The van der Waals surface area contributed by atoms with Gasteiger partial charge in [0.2, 0.25) is 5.91 Å². The van der Waals surface area contributed by atoms with Gasteiger partial charge in [0, 0.05) is 23.4 Å². The number of nitrogens with zero attached hydrogens (tertiary/aromatic N) is 3. The van der Waals surface area contributed by atoms with Gasteiger partial charge in [-0.15, -0.1) is 11.3 Å². The van der Waals surface area contributed by atoms with Gasteiger partial charge in [0.1, 0.15) is 20.9 Å². The molecule has 1 amide bonds. The molecule has 4 nitrogen and oxygen atoms in total. The van der Waals surface area contributed by atoms with Gasteiger partial charge in [0.15, 0.2) is 0 Å². The third kappa shape index (κ3) is 3.60. The second kappa shape index (κ2) is 7.60. The largest absolute Gasteiger partial charge is 0.341 e. The lowest BCUT2D eigenvalue weighted by Gasteiger charge is -2.23. The first-order chi connectivity index (χ1) is 13.0. The molecule has 0 aliphatic carbocycles. The maximum Gasteiger partial charge on any atom is 0.240 e. The molecule has 1 aliphatic heterocycles. The summed E-state index contributed by atoms with van der Waals surface area (Å²) in [5.41, 5.74) is 2.26. The fourth-order valence-electron chi connectivity index (χ4n) is 3.50. The van der Waals surface area contributed by atoms with E-state index in [2.05, 4.69) is 18.8 Å². The minimum atomic E-state index is -0.276. The van der Waals surface area contributed by atoms with Crippen molar-refractivity contribution in [3.05, 3.63) is 52.2 Å². The Labute approximate surface area is 168 Å². The van der Waals surface area contributed by atoms with E-state index in [0.717, 1.165) is 52.6 Å². The summed E-state index contributed by atoms with van der Waals surface area (Å²) >= 11 is 3.28. The average molecular weight is 398 g/mol. The van der Waals surface area contributed by atoms with E-state index in [9.17, 15) is 4.79 Å².